The zero-order chi connectivity index (χ0) is 14.7. The van der Waals surface area contributed by atoms with E-state index in [9.17, 15) is 4.79 Å². The van der Waals surface area contributed by atoms with Crippen LogP contribution in [-0.4, -0.2) is 40.1 Å². The number of H-pyrrole nitrogens is 1. The van der Waals surface area contributed by atoms with Crippen molar-refractivity contribution >= 4 is 5.91 Å². The molecule has 1 aliphatic heterocycles. The maximum atomic E-state index is 12.3. The van der Waals surface area contributed by atoms with E-state index in [-0.39, 0.29) is 11.9 Å². The Labute approximate surface area is 120 Å². The van der Waals surface area contributed by atoms with Crippen LogP contribution in [0.3, 0.4) is 0 Å². The lowest BCUT2D eigenvalue weighted by molar-refractivity contribution is -0.130. The van der Waals surface area contributed by atoms with E-state index in [1.54, 1.807) is 0 Å². The number of nitrogens with one attached hydrogen (secondary N) is 1. The van der Waals surface area contributed by atoms with Gasteiger partial charge in [0.2, 0.25) is 5.91 Å². The van der Waals surface area contributed by atoms with Crippen LogP contribution in [0.5, 0.6) is 0 Å². The lowest BCUT2D eigenvalue weighted by atomic mass is 9.99. The fraction of sp³-hybridized carbons (Fsp3) is 0.733. The Morgan fingerprint density at radius 2 is 2.20 bits per heavy atom. The molecule has 5 nitrogen and oxygen atoms in total. The first-order valence-corrected chi connectivity index (χ1v) is 7.56. The van der Waals surface area contributed by atoms with Crippen molar-refractivity contribution in [1.82, 2.24) is 15.1 Å². The van der Waals surface area contributed by atoms with Gasteiger partial charge in [-0.2, -0.15) is 5.10 Å². The minimum atomic E-state index is 0.149. The number of aromatic amines is 1. The van der Waals surface area contributed by atoms with Crippen LogP contribution < -0.4 is 5.73 Å². The topological polar surface area (TPSA) is 75.0 Å². The molecule has 5 heteroatoms. The van der Waals surface area contributed by atoms with Gasteiger partial charge in [0, 0.05) is 31.2 Å². The summed E-state index contributed by atoms with van der Waals surface area (Å²) in [4.78, 5) is 14.2. The Morgan fingerprint density at radius 1 is 1.45 bits per heavy atom. The minimum absolute atomic E-state index is 0.149. The molecule has 2 rings (SSSR count). The van der Waals surface area contributed by atoms with Gasteiger partial charge in [-0.15, -0.1) is 0 Å². The van der Waals surface area contributed by atoms with Gasteiger partial charge >= 0.3 is 0 Å². The zero-order valence-corrected chi connectivity index (χ0v) is 12.8. The SMILES string of the molecule is CCC[C@H]1CN(C(=O)CCc2c(C)n[nH]c2C)C[C@@H]1N. The molecule has 0 unspecified atom stereocenters. The van der Waals surface area contributed by atoms with Crippen molar-refractivity contribution in [3.63, 3.8) is 0 Å². The van der Waals surface area contributed by atoms with Gasteiger partial charge in [0.05, 0.1) is 5.69 Å². The normalized spacial score (nSPS) is 22.5. The van der Waals surface area contributed by atoms with E-state index in [4.69, 9.17) is 5.73 Å². The van der Waals surface area contributed by atoms with Gasteiger partial charge in [-0.1, -0.05) is 13.3 Å². The summed E-state index contributed by atoms with van der Waals surface area (Å²) >= 11 is 0. The van der Waals surface area contributed by atoms with Crippen LogP contribution in [-0.2, 0) is 11.2 Å². The number of carbonyl (C=O) groups excluding carboxylic acids is 1. The summed E-state index contributed by atoms with van der Waals surface area (Å²) in [6, 6.07) is 0.149. The summed E-state index contributed by atoms with van der Waals surface area (Å²) in [5, 5.41) is 7.14. The molecule has 0 spiro atoms. The number of nitrogens with two attached hydrogens (primary N) is 1. The number of nitrogens with zero attached hydrogens (tertiary/aromatic N) is 2. The molecule has 2 heterocycles. The highest BCUT2D eigenvalue weighted by Gasteiger charge is 2.31. The molecule has 1 aliphatic rings. The van der Waals surface area contributed by atoms with Crippen LogP contribution in [0.2, 0.25) is 0 Å². The third kappa shape index (κ3) is 3.20. The predicted molar refractivity (Wildman–Crippen MR) is 79.3 cm³/mol. The van der Waals surface area contributed by atoms with Crippen molar-refractivity contribution < 1.29 is 4.79 Å². The Morgan fingerprint density at radius 3 is 2.80 bits per heavy atom. The maximum absolute atomic E-state index is 12.3. The highest BCUT2D eigenvalue weighted by molar-refractivity contribution is 5.77. The molecule has 1 saturated heterocycles. The average Bonchev–Trinajstić information content (AvgIpc) is 2.92. The first kappa shape index (κ1) is 15.0. The van der Waals surface area contributed by atoms with Crippen molar-refractivity contribution in [2.75, 3.05) is 13.1 Å². The van der Waals surface area contributed by atoms with Crippen molar-refractivity contribution in [3.8, 4) is 0 Å². The van der Waals surface area contributed by atoms with Gasteiger partial charge in [0.1, 0.15) is 0 Å². The lowest BCUT2D eigenvalue weighted by Gasteiger charge is -2.16. The quantitative estimate of drug-likeness (QED) is 0.858. The monoisotopic (exact) mass is 278 g/mol. The zero-order valence-electron chi connectivity index (χ0n) is 12.8. The largest absolute Gasteiger partial charge is 0.341 e. The highest BCUT2D eigenvalue weighted by atomic mass is 16.2. The third-order valence-electron chi connectivity index (χ3n) is 4.37. The molecule has 1 amide bonds. The maximum Gasteiger partial charge on any atom is 0.222 e. The van der Waals surface area contributed by atoms with Crippen LogP contribution in [0, 0.1) is 19.8 Å². The smallest absolute Gasteiger partial charge is 0.222 e. The Hall–Kier alpha value is -1.36. The predicted octanol–water partition coefficient (Wildman–Crippen LogP) is 1.54. The lowest BCUT2D eigenvalue weighted by Crippen LogP contribution is -2.32. The van der Waals surface area contributed by atoms with Crippen molar-refractivity contribution in [3.05, 3.63) is 17.0 Å². The summed E-state index contributed by atoms with van der Waals surface area (Å²) in [6.45, 7) is 7.70. The van der Waals surface area contributed by atoms with E-state index in [0.29, 0.717) is 18.9 Å². The number of amides is 1. The van der Waals surface area contributed by atoms with E-state index in [2.05, 4.69) is 17.1 Å². The number of aromatic nitrogens is 2. The molecule has 3 N–H and O–H groups in total. The van der Waals surface area contributed by atoms with E-state index < -0.39 is 0 Å². The van der Waals surface area contributed by atoms with Gasteiger partial charge in [-0.05, 0) is 38.2 Å². The van der Waals surface area contributed by atoms with E-state index >= 15 is 0 Å². The van der Waals surface area contributed by atoms with E-state index in [0.717, 1.165) is 37.2 Å². The number of carbonyl (C=O) groups is 1. The Bertz CT molecular complexity index is 449. The summed E-state index contributed by atoms with van der Waals surface area (Å²) in [5.41, 5.74) is 9.36. The molecule has 0 radical (unpaired) electrons. The first-order valence-electron chi connectivity index (χ1n) is 7.56. The first-order chi connectivity index (χ1) is 9.52. The molecule has 1 aromatic rings. The molecular weight excluding hydrogens is 252 g/mol. The molecule has 0 aliphatic carbocycles. The fourth-order valence-corrected chi connectivity index (χ4v) is 3.11. The summed E-state index contributed by atoms with van der Waals surface area (Å²) in [7, 11) is 0. The average molecular weight is 278 g/mol. The second-order valence-electron chi connectivity index (χ2n) is 5.92. The number of hydrogen-bond donors (Lipinski definition) is 2. The second-order valence-corrected chi connectivity index (χ2v) is 5.92. The van der Waals surface area contributed by atoms with Crippen LogP contribution in [0.15, 0.2) is 0 Å². The van der Waals surface area contributed by atoms with Gasteiger partial charge in [-0.3, -0.25) is 9.89 Å². The van der Waals surface area contributed by atoms with E-state index in [1.165, 1.54) is 5.56 Å². The Balaban J connectivity index is 1.87. The van der Waals surface area contributed by atoms with Crippen LogP contribution in [0.4, 0.5) is 0 Å². The molecule has 0 aromatic carbocycles. The molecule has 20 heavy (non-hydrogen) atoms. The number of hydrogen-bond acceptors (Lipinski definition) is 3. The fourth-order valence-electron chi connectivity index (χ4n) is 3.11. The van der Waals surface area contributed by atoms with Crippen molar-refractivity contribution in [1.29, 1.82) is 0 Å². The standard InChI is InChI=1S/C15H26N4O/c1-4-5-12-8-19(9-14(12)16)15(20)7-6-13-10(2)17-18-11(13)3/h12,14H,4-9,16H2,1-3H3,(H,17,18)/t12-,14-/m0/s1. The molecule has 1 aromatic heterocycles. The van der Waals surface area contributed by atoms with Crippen molar-refractivity contribution in [2.24, 2.45) is 11.7 Å². The summed E-state index contributed by atoms with van der Waals surface area (Å²) in [5.74, 6) is 0.695. The summed E-state index contributed by atoms with van der Waals surface area (Å²) in [6.07, 6.45) is 3.56. The Kier molecular flexibility index (Phi) is 4.81. The van der Waals surface area contributed by atoms with Crippen molar-refractivity contribution in [2.45, 2.75) is 52.5 Å². The van der Waals surface area contributed by atoms with Gasteiger partial charge in [0.15, 0.2) is 0 Å². The van der Waals surface area contributed by atoms with Gasteiger partial charge < -0.3 is 10.6 Å². The number of likely N-dealkylation sites (tertiary alicyclic amines) is 1. The van der Waals surface area contributed by atoms with Gasteiger partial charge in [-0.25, -0.2) is 0 Å². The summed E-state index contributed by atoms with van der Waals surface area (Å²) < 4.78 is 0. The molecule has 0 saturated carbocycles. The number of rotatable bonds is 5. The second kappa shape index (κ2) is 6.39. The van der Waals surface area contributed by atoms with Gasteiger partial charge in [0.25, 0.3) is 0 Å². The molecule has 1 fully saturated rings. The number of aryl methyl sites for hydroxylation is 2. The highest BCUT2D eigenvalue weighted by Crippen LogP contribution is 2.21. The minimum Gasteiger partial charge on any atom is -0.341 e. The molecule has 112 valence electrons. The van der Waals surface area contributed by atoms with Crippen LogP contribution >= 0.6 is 0 Å². The molecular formula is C15H26N4O. The third-order valence-corrected chi connectivity index (χ3v) is 4.37. The van der Waals surface area contributed by atoms with Crippen LogP contribution in [0.25, 0.3) is 0 Å². The van der Waals surface area contributed by atoms with E-state index in [1.807, 2.05) is 18.7 Å². The molecule has 2 atom stereocenters. The molecule has 0 bridgehead atoms. The van der Waals surface area contributed by atoms with Crippen LogP contribution in [0.1, 0.15) is 43.1 Å².